The molecule has 0 heterocycles. The molecule has 0 aliphatic carbocycles. The highest BCUT2D eigenvalue weighted by Gasteiger charge is 2.13. The SMILES string of the molecule is CCCNC(CCN(C)C)c1ccc(C)cc1C. The van der Waals surface area contributed by atoms with Crippen molar-refractivity contribution in [2.24, 2.45) is 0 Å². The molecule has 102 valence electrons. The fraction of sp³-hybridized carbons (Fsp3) is 0.625. The van der Waals surface area contributed by atoms with Crippen LogP contribution in [0.4, 0.5) is 0 Å². The summed E-state index contributed by atoms with van der Waals surface area (Å²) in [4.78, 5) is 2.25. The molecule has 1 unspecified atom stereocenters. The van der Waals surface area contributed by atoms with Gasteiger partial charge in [-0.15, -0.1) is 0 Å². The summed E-state index contributed by atoms with van der Waals surface area (Å²) in [5.41, 5.74) is 4.20. The first kappa shape index (κ1) is 15.2. The lowest BCUT2D eigenvalue weighted by molar-refractivity contribution is 0.360. The van der Waals surface area contributed by atoms with Gasteiger partial charge in [0.1, 0.15) is 0 Å². The Bertz CT molecular complexity index is 358. The first-order chi connectivity index (χ1) is 8.54. The van der Waals surface area contributed by atoms with Gasteiger partial charge in [-0.25, -0.2) is 0 Å². The summed E-state index contributed by atoms with van der Waals surface area (Å²) in [5.74, 6) is 0. The summed E-state index contributed by atoms with van der Waals surface area (Å²) in [6.45, 7) is 8.81. The molecule has 1 aromatic rings. The quantitative estimate of drug-likeness (QED) is 0.796. The van der Waals surface area contributed by atoms with Crippen molar-refractivity contribution in [1.29, 1.82) is 0 Å². The van der Waals surface area contributed by atoms with Crippen LogP contribution in [0.25, 0.3) is 0 Å². The van der Waals surface area contributed by atoms with Gasteiger partial charge in [0, 0.05) is 6.04 Å². The molecule has 0 aliphatic rings. The molecular weight excluding hydrogens is 220 g/mol. The van der Waals surface area contributed by atoms with E-state index in [2.05, 4.69) is 63.3 Å². The topological polar surface area (TPSA) is 15.3 Å². The maximum absolute atomic E-state index is 3.67. The Labute approximate surface area is 112 Å². The molecule has 1 rings (SSSR count). The molecule has 1 N–H and O–H groups in total. The molecule has 0 radical (unpaired) electrons. The highest BCUT2D eigenvalue weighted by atomic mass is 15.1. The second-order valence-electron chi connectivity index (χ2n) is 5.46. The van der Waals surface area contributed by atoms with Crippen LogP contribution in [-0.4, -0.2) is 32.1 Å². The largest absolute Gasteiger partial charge is 0.310 e. The zero-order chi connectivity index (χ0) is 13.5. The Kier molecular flexibility index (Phi) is 6.37. The summed E-state index contributed by atoms with van der Waals surface area (Å²) in [6.07, 6.45) is 2.35. The van der Waals surface area contributed by atoms with Crippen LogP contribution >= 0.6 is 0 Å². The van der Waals surface area contributed by atoms with E-state index >= 15 is 0 Å². The number of benzene rings is 1. The summed E-state index contributed by atoms with van der Waals surface area (Å²) in [5, 5.41) is 3.67. The minimum absolute atomic E-state index is 0.480. The molecular formula is C16H28N2. The van der Waals surface area contributed by atoms with Crippen LogP contribution in [0.15, 0.2) is 18.2 Å². The van der Waals surface area contributed by atoms with Gasteiger partial charge < -0.3 is 10.2 Å². The van der Waals surface area contributed by atoms with Crippen LogP contribution in [0.1, 0.15) is 42.5 Å². The van der Waals surface area contributed by atoms with E-state index in [1.807, 2.05) is 0 Å². The third-order valence-electron chi connectivity index (χ3n) is 3.31. The van der Waals surface area contributed by atoms with Crippen LogP contribution in [-0.2, 0) is 0 Å². The smallest absolute Gasteiger partial charge is 0.0335 e. The molecule has 2 nitrogen and oxygen atoms in total. The van der Waals surface area contributed by atoms with Crippen molar-refractivity contribution in [2.45, 2.75) is 39.7 Å². The lowest BCUT2D eigenvalue weighted by Crippen LogP contribution is -2.26. The van der Waals surface area contributed by atoms with Crippen LogP contribution in [0.3, 0.4) is 0 Å². The van der Waals surface area contributed by atoms with Gasteiger partial charge in [0.15, 0.2) is 0 Å². The molecule has 0 spiro atoms. The molecule has 0 saturated carbocycles. The lowest BCUT2D eigenvalue weighted by atomic mass is 9.97. The molecule has 0 aliphatic heterocycles. The number of hydrogen-bond acceptors (Lipinski definition) is 2. The molecule has 0 bridgehead atoms. The van der Waals surface area contributed by atoms with Crippen LogP contribution in [0, 0.1) is 13.8 Å². The third kappa shape index (κ3) is 4.79. The monoisotopic (exact) mass is 248 g/mol. The number of nitrogens with one attached hydrogen (secondary N) is 1. The zero-order valence-corrected chi connectivity index (χ0v) is 12.6. The molecule has 1 atom stereocenters. The first-order valence-corrected chi connectivity index (χ1v) is 6.99. The molecule has 0 aromatic heterocycles. The molecule has 2 heteroatoms. The molecule has 0 fully saturated rings. The number of nitrogens with zero attached hydrogens (tertiary/aromatic N) is 1. The van der Waals surface area contributed by atoms with Gasteiger partial charge in [0.05, 0.1) is 0 Å². The van der Waals surface area contributed by atoms with Gasteiger partial charge in [-0.1, -0.05) is 30.7 Å². The van der Waals surface area contributed by atoms with Crippen molar-refractivity contribution in [1.82, 2.24) is 10.2 Å². The van der Waals surface area contributed by atoms with Gasteiger partial charge in [0.25, 0.3) is 0 Å². The van der Waals surface area contributed by atoms with Gasteiger partial charge in [-0.3, -0.25) is 0 Å². The van der Waals surface area contributed by atoms with Gasteiger partial charge in [-0.2, -0.15) is 0 Å². The minimum atomic E-state index is 0.480. The average molecular weight is 248 g/mol. The maximum atomic E-state index is 3.67. The molecule has 0 saturated heterocycles. The predicted molar refractivity (Wildman–Crippen MR) is 80.1 cm³/mol. The van der Waals surface area contributed by atoms with Crippen molar-refractivity contribution in [3.05, 3.63) is 34.9 Å². The fourth-order valence-corrected chi connectivity index (χ4v) is 2.29. The van der Waals surface area contributed by atoms with E-state index in [0.29, 0.717) is 6.04 Å². The predicted octanol–water partition coefficient (Wildman–Crippen LogP) is 3.30. The number of aryl methyl sites for hydroxylation is 2. The number of hydrogen-bond donors (Lipinski definition) is 1. The van der Waals surface area contributed by atoms with E-state index < -0.39 is 0 Å². The standard InChI is InChI=1S/C16H28N2/c1-6-10-17-16(9-11-18(4)5)15-8-7-13(2)12-14(15)3/h7-8,12,16-17H,6,9-11H2,1-5H3. The summed E-state index contributed by atoms with van der Waals surface area (Å²) < 4.78 is 0. The van der Waals surface area contributed by atoms with E-state index in [1.165, 1.54) is 23.1 Å². The van der Waals surface area contributed by atoms with E-state index in [1.54, 1.807) is 0 Å². The Morgan fingerprint density at radius 1 is 1.22 bits per heavy atom. The molecule has 0 amide bonds. The normalized spacial score (nSPS) is 13.0. The van der Waals surface area contributed by atoms with Crippen LogP contribution in [0.5, 0.6) is 0 Å². The van der Waals surface area contributed by atoms with E-state index in [0.717, 1.165) is 19.5 Å². The summed E-state index contributed by atoms with van der Waals surface area (Å²) >= 11 is 0. The zero-order valence-electron chi connectivity index (χ0n) is 12.6. The maximum Gasteiger partial charge on any atom is 0.0335 e. The number of rotatable bonds is 7. The van der Waals surface area contributed by atoms with E-state index in [4.69, 9.17) is 0 Å². The highest BCUT2D eigenvalue weighted by molar-refractivity contribution is 5.32. The van der Waals surface area contributed by atoms with Crippen molar-refractivity contribution in [2.75, 3.05) is 27.2 Å². The van der Waals surface area contributed by atoms with E-state index in [9.17, 15) is 0 Å². The second kappa shape index (κ2) is 7.55. The Morgan fingerprint density at radius 3 is 2.50 bits per heavy atom. The Morgan fingerprint density at radius 2 is 1.94 bits per heavy atom. The molecule has 18 heavy (non-hydrogen) atoms. The Balaban J connectivity index is 2.79. The van der Waals surface area contributed by atoms with Crippen molar-refractivity contribution < 1.29 is 0 Å². The third-order valence-corrected chi connectivity index (χ3v) is 3.31. The Hall–Kier alpha value is -0.860. The lowest BCUT2D eigenvalue weighted by Gasteiger charge is -2.23. The van der Waals surface area contributed by atoms with Crippen molar-refractivity contribution >= 4 is 0 Å². The van der Waals surface area contributed by atoms with Crippen LogP contribution in [0.2, 0.25) is 0 Å². The van der Waals surface area contributed by atoms with Crippen LogP contribution < -0.4 is 5.32 Å². The van der Waals surface area contributed by atoms with Crippen molar-refractivity contribution in [3.8, 4) is 0 Å². The fourth-order valence-electron chi connectivity index (χ4n) is 2.29. The second-order valence-corrected chi connectivity index (χ2v) is 5.46. The average Bonchev–Trinajstić information content (AvgIpc) is 2.30. The summed E-state index contributed by atoms with van der Waals surface area (Å²) in [7, 11) is 4.28. The minimum Gasteiger partial charge on any atom is -0.310 e. The molecule has 1 aromatic carbocycles. The van der Waals surface area contributed by atoms with Crippen molar-refractivity contribution in [3.63, 3.8) is 0 Å². The highest BCUT2D eigenvalue weighted by Crippen LogP contribution is 2.22. The first-order valence-electron chi connectivity index (χ1n) is 6.99. The van der Waals surface area contributed by atoms with Gasteiger partial charge >= 0.3 is 0 Å². The van der Waals surface area contributed by atoms with Gasteiger partial charge in [-0.05, 0) is 65.0 Å². The van der Waals surface area contributed by atoms with Gasteiger partial charge in [0.2, 0.25) is 0 Å². The summed E-state index contributed by atoms with van der Waals surface area (Å²) in [6, 6.07) is 7.27. The van der Waals surface area contributed by atoms with E-state index in [-0.39, 0.29) is 0 Å².